The summed E-state index contributed by atoms with van der Waals surface area (Å²) in [6, 6.07) is 5.93. The largest absolute Gasteiger partial charge is 0.493 e. The first-order valence-corrected chi connectivity index (χ1v) is 7.24. The molecule has 0 atom stereocenters. The lowest BCUT2D eigenvalue weighted by molar-refractivity contribution is 0.292. The van der Waals surface area contributed by atoms with E-state index in [2.05, 4.69) is 17.2 Å². The van der Waals surface area contributed by atoms with Crippen molar-refractivity contribution in [1.82, 2.24) is 10.6 Å². The number of hydrogen-bond acceptors (Lipinski definition) is 5. The molecule has 0 aliphatic heterocycles. The summed E-state index contributed by atoms with van der Waals surface area (Å²) in [4.78, 5) is 0. The third-order valence-corrected chi connectivity index (χ3v) is 2.91. The Balaban J connectivity index is 2.33. The number of rotatable bonds is 12. The van der Waals surface area contributed by atoms with Crippen LogP contribution in [0.1, 0.15) is 12.0 Å². The van der Waals surface area contributed by atoms with Gasteiger partial charge in [-0.25, -0.2) is 0 Å². The molecule has 118 valence electrons. The SMILES string of the molecule is C=CCOc1ccc(CNCCCNCCO)cc1OC. The fourth-order valence-electron chi connectivity index (χ4n) is 1.87. The third kappa shape index (κ3) is 7.13. The van der Waals surface area contributed by atoms with E-state index < -0.39 is 0 Å². The Labute approximate surface area is 127 Å². The van der Waals surface area contributed by atoms with Crippen LogP contribution in [0.25, 0.3) is 0 Å². The van der Waals surface area contributed by atoms with Gasteiger partial charge in [-0.05, 0) is 37.2 Å². The lowest BCUT2D eigenvalue weighted by atomic mass is 10.2. The maximum Gasteiger partial charge on any atom is 0.161 e. The molecule has 0 aliphatic carbocycles. The molecule has 0 fully saturated rings. The van der Waals surface area contributed by atoms with Crippen molar-refractivity contribution in [2.24, 2.45) is 0 Å². The number of methoxy groups -OCH3 is 1. The second kappa shape index (κ2) is 11.1. The monoisotopic (exact) mass is 294 g/mol. The van der Waals surface area contributed by atoms with Crippen LogP contribution in [-0.4, -0.2) is 45.1 Å². The number of aliphatic hydroxyl groups excluding tert-OH is 1. The molecule has 1 rings (SSSR count). The van der Waals surface area contributed by atoms with Gasteiger partial charge < -0.3 is 25.2 Å². The van der Waals surface area contributed by atoms with Crippen LogP contribution >= 0.6 is 0 Å². The summed E-state index contributed by atoms with van der Waals surface area (Å²) in [6.45, 7) is 7.57. The molecule has 0 aromatic heterocycles. The molecular weight excluding hydrogens is 268 g/mol. The summed E-state index contributed by atoms with van der Waals surface area (Å²) in [5.74, 6) is 1.47. The highest BCUT2D eigenvalue weighted by molar-refractivity contribution is 5.43. The minimum atomic E-state index is 0.188. The highest BCUT2D eigenvalue weighted by atomic mass is 16.5. The fourth-order valence-corrected chi connectivity index (χ4v) is 1.87. The van der Waals surface area contributed by atoms with Crippen LogP contribution in [0.3, 0.4) is 0 Å². The van der Waals surface area contributed by atoms with Crippen molar-refractivity contribution in [1.29, 1.82) is 0 Å². The molecule has 0 unspecified atom stereocenters. The van der Waals surface area contributed by atoms with Gasteiger partial charge in [0.2, 0.25) is 0 Å². The van der Waals surface area contributed by atoms with E-state index >= 15 is 0 Å². The molecule has 3 N–H and O–H groups in total. The maximum atomic E-state index is 8.64. The molecule has 0 saturated carbocycles. The van der Waals surface area contributed by atoms with Crippen LogP contribution in [0.2, 0.25) is 0 Å². The summed E-state index contributed by atoms with van der Waals surface area (Å²) in [5.41, 5.74) is 1.15. The lowest BCUT2D eigenvalue weighted by Crippen LogP contribution is -2.23. The summed E-state index contributed by atoms with van der Waals surface area (Å²) in [6.07, 6.45) is 2.73. The average Bonchev–Trinajstić information content (AvgIpc) is 2.52. The summed E-state index contributed by atoms with van der Waals surface area (Å²) >= 11 is 0. The third-order valence-electron chi connectivity index (χ3n) is 2.91. The van der Waals surface area contributed by atoms with E-state index in [1.54, 1.807) is 13.2 Å². The second-order valence-corrected chi connectivity index (χ2v) is 4.59. The average molecular weight is 294 g/mol. The van der Waals surface area contributed by atoms with Gasteiger partial charge in [0, 0.05) is 13.1 Å². The Hall–Kier alpha value is -1.56. The van der Waals surface area contributed by atoms with Crippen molar-refractivity contribution in [3.8, 4) is 11.5 Å². The zero-order chi connectivity index (χ0) is 15.3. The first kappa shape index (κ1) is 17.5. The van der Waals surface area contributed by atoms with Gasteiger partial charge in [0.25, 0.3) is 0 Å². The van der Waals surface area contributed by atoms with Gasteiger partial charge in [0.05, 0.1) is 13.7 Å². The molecule has 1 aromatic rings. The minimum absolute atomic E-state index is 0.188. The normalized spacial score (nSPS) is 10.4. The van der Waals surface area contributed by atoms with Crippen molar-refractivity contribution in [3.63, 3.8) is 0 Å². The van der Waals surface area contributed by atoms with E-state index in [1.807, 2.05) is 18.2 Å². The van der Waals surface area contributed by atoms with Gasteiger partial charge in [0.15, 0.2) is 11.5 Å². The molecule has 0 aliphatic rings. The first-order chi connectivity index (χ1) is 10.3. The fraction of sp³-hybridized carbons (Fsp3) is 0.500. The Bertz CT molecular complexity index is 411. The summed E-state index contributed by atoms with van der Waals surface area (Å²) in [5, 5.41) is 15.2. The van der Waals surface area contributed by atoms with Gasteiger partial charge in [-0.3, -0.25) is 0 Å². The Morgan fingerprint density at radius 3 is 2.71 bits per heavy atom. The van der Waals surface area contributed by atoms with Crippen LogP contribution < -0.4 is 20.1 Å². The van der Waals surface area contributed by atoms with Crippen LogP contribution in [0.4, 0.5) is 0 Å². The zero-order valence-corrected chi connectivity index (χ0v) is 12.7. The Morgan fingerprint density at radius 1 is 1.19 bits per heavy atom. The molecular formula is C16H26N2O3. The minimum Gasteiger partial charge on any atom is -0.493 e. The lowest BCUT2D eigenvalue weighted by Gasteiger charge is -2.11. The molecule has 21 heavy (non-hydrogen) atoms. The zero-order valence-electron chi connectivity index (χ0n) is 12.7. The summed E-state index contributed by atoms with van der Waals surface area (Å²) in [7, 11) is 1.64. The molecule has 0 amide bonds. The molecule has 0 radical (unpaired) electrons. The maximum absolute atomic E-state index is 8.64. The highest BCUT2D eigenvalue weighted by Crippen LogP contribution is 2.27. The van der Waals surface area contributed by atoms with Gasteiger partial charge in [-0.15, -0.1) is 0 Å². The van der Waals surface area contributed by atoms with E-state index in [-0.39, 0.29) is 6.61 Å². The van der Waals surface area contributed by atoms with Crippen molar-refractivity contribution in [2.45, 2.75) is 13.0 Å². The predicted octanol–water partition coefficient (Wildman–Crippen LogP) is 1.32. The van der Waals surface area contributed by atoms with Gasteiger partial charge in [-0.2, -0.15) is 0 Å². The van der Waals surface area contributed by atoms with Crippen LogP contribution in [0, 0.1) is 0 Å². The van der Waals surface area contributed by atoms with E-state index in [9.17, 15) is 0 Å². The topological polar surface area (TPSA) is 62.8 Å². The number of ether oxygens (including phenoxy) is 2. The number of aliphatic hydroxyl groups is 1. The van der Waals surface area contributed by atoms with Gasteiger partial charge in [0.1, 0.15) is 6.61 Å². The quantitative estimate of drug-likeness (QED) is 0.401. The molecule has 0 heterocycles. The van der Waals surface area contributed by atoms with Gasteiger partial charge >= 0.3 is 0 Å². The molecule has 5 nitrogen and oxygen atoms in total. The van der Waals surface area contributed by atoms with Crippen molar-refractivity contribution >= 4 is 0 Å². The van der Waals surface area contributed by atoms with Crippen LogP contribution in [0.5, 0.6) is 11.5 Å². The van der Waals surface area contributed by atoms with Gasteiger partial charge in [-0.1, -0.05) is 18.7 Å². The molecule has 5 heteroatoms. The van der Waals surface area contributed by atoms with Crippen molar-refractivity contribution in [3.05, 3.63) is 36.4 Å². The Kier molecular flexibility index (Phi) is 9.28. The number of benzene rings is 1. The number of hydrogen-bond donors (Lipinski definition) is 3. The molecule has 0 spiro atoms. The highest BCUT2D eigenvalue weighted by Gasteiger charge is 2.05. The molecule has 0 saturated heterocycles. The molecule has 1 aromatic carbocycles. The first-order valence-electron chi connectivity index (χ1n) is 7.24. The van der Waals surface area contributed by atoms with Crippen LogP contribution in [-0.2, 0) is 6.54 Å². The molecule has 0 bridgehead atoms. The van der Waals surface area contributed by atoms with E-state index in [1.165, 1.54) is 0 Å². The second-order valence-electron chi connectivity index (χ2n) is 4.59. The van der Waals surface area contributed by atoms with Crippen molar-refractivity contribution < 1.29 is 14.6 Å². The summed E-state index contributed by atoms with van der Waals surface area (Å²) < 4.78 is 10.9. The Morgan fingerprint density at radius 2 is 2.00 bits per heavy atom. The van der Waals surface area contributed by atoms with Crippen molar-refractivity contribution in [2.75, 3.05) is 40.0 Å². The van der Waals surface area contributed by atoms with Crippen LogP contribution in [0.15, 0.2) is 30.9 Å². The smallest absolute Gasteiger partial charge is 0.161 e. The predicted molar refractivity (Wildman–Crippen MR) is 85.0 cm³/mol. The van der Waals surface area contributed by atoms with E-state index in [0.29, 0.717) is 13.2 Å². The number of nitrogens with one attached hydrogen (secondary N) is 2. The standard InChI is InChI=1S/C16H26N2O3/c1-3-11-21-15-6-5-14(12-16(15)20-2)13-18-8-4-7-17-9-10-19/h3,5-6,12,17-19H,1,4,7-11,13H2,2H3. The van der Waals surface area contributed by atoms with E-state index in [4.69, 9.17) is 14.6 Å². The van der Waals surface area contributed by atoms with E-state index in [0.717, 1.165) is 43.1 Å².